The largest absolute Gasteiger partial charge is 0.467 e. The molecule has 1 fully saturated rings. The van der Waals surface area contributed by atoms with Crippen LogP contribution in [-0.4, -0.2) is 55.0 Å². The summed E-state index contributed by atoms with van der Waals surface area (Å²) in [6, 6.07) is 0. The Labute approximate surface area is 107 Å². The van der Waals surface area contributed by atoms with Gasteiger partial charge in [-0.1, -0.05) is 0 Å². The van der Waals surface area contributed by atoms with Crippen LogP contribution in [-0.2, 0) is 19.0 Å². The summed E-state index contributed by atoms with van der Waals surface area (Å²) < 4.78 is 15.3. The lowest BCUT2D eigenvalue weighted by molar-refractivity contribution is -0.176. The SMILES string of the molecule is COC(=O)C1(C)CN(C(=O)OC(C)(C)C)CCO1. The summed E-state index contributed by atoms with van der Waals surface area (Å²) in [4.78, 5) is 25.0. The Kier molecular flexibility index (Phi) is 4.21. The zero-order valence-electron chi connectivity index (χ0n) is 11.6. The summed E-state index contributed by atoms with van der Waals surface area (Å²) in [6.07, 6.45) is -0.444. The van der Waals surface area contributed by atoms with Crippen LogP contribution in [0.1, 0.15) is 27.7 Å². The van der Waals surface area contributed by atoms with E-state index >= 15 is 0 Å². The van der Waals surface area contributed by atoms with Gasteiger partial charge in [-0.15, -0.1) is 0 Å². The summed E-state index contributed by atoms with van der Waals surface area (Å²) in [5.41, 5.74) is -1.68. The minimum atomic E-state index is -1.12. The normalized spacial score (nSPS) is 24.6. The van der Waals surface area contributed by atoms with Gasteiger partial charge in [0.1, 0.15) is 5.60 Å². The molecule has 104 valence electrons. The zero-order chi connectivity index (χ0) is 14.0. The van der Waals surface area contributed by atoms with Crippen LogP contribution in [0, 0.1) is 0 Å². The number of esters is 1. The highest BCUT2D eigenvalue weighted by Gasteiger charge is 2.42. The maximum atomic E-state index is 11.9. The minimum Gasteiger partial charge on any atom is -0.467 e. The van der Waals surface area contributed by atoms with E-state index in [1.165, 1.54) is 12.0 Å². The molecule has 0 N–H and O–H groups in total. The molecule has 1 aliphatic rings. The molecule has 1 heterocycles. The standard InChI is InChI=1S/C12H21NO5/c1-11(2,3)18-10(15)13-6-7-17-12(4,8-13)9(14)16-5/h6-8H2,1-5H3. The molecule has 0 bridgehead atoms. The van der Waals surface area contributed by atoms with Crippen LogP contribution < -0.4 is 0 Å². The van der Waals surface area contributed by atoms with E-state index in [0.29, 0.717) is 6.54 Å². The van der Waals surface area contributed by atoms with E-state index in [0.717, 1.165) is 0 Å². The van der Waals surface area contributed by atoms with E-state index < -0.39 is 23.3 Å². The predicted octanol–water partition coefficient (Wildman–Crippen LogP) is 1.19. The highest BCUT2D eigenvalue weighted by molar-refractivity contribution is 5.80. The number of ether oxygens (including phenoxy) is 3. The second kappa shape index (κ2) is 5.14. The molecule has 1 amide bonds. The molecule has 1 atom stereocenters. The number of methoxy groups -OCH3 is 1. The first kappa shape index (κ1) is 14.8. The molecule has 6 nitrogen and oxygen atoms in total. The molecule has 0 aromatic carbocycles. The van der Waals surface area contributed by atoms with Gasteiger partial charge in [-0.3, -0.25) is 0 Å². The van der Waals surface area contributed by atoms with Crippen molar-refractivity contribution in [2.24, 2.45) is 0 Å². The van der Waals surface area contributed by atoms with Crippen molar-refractivity contribution in [2.45, 2.75) is 38.9 Å². The zero-order valence-corrected chi connectivity index (χ0v) is 11.6. The average Bonchev–Trinajstić information content (AvgIpc) is 2.25. The van der Waals surface area contributed by atoms with Crippen molar-refractivity contribution in [1.29, 1.82) is 0 Å². The average molecular weight is 259 g/mol. The fourth-order valence-electron chi connectivity index (χ4n) is 1.69. The molecule has 1 saturated heterocycles. The van der Waals surface area contributed by atoms with Gasteiger partial charge >= 0.3 is 12.1 Å². The van der Waals surface area contributed by atoms with E-state index in [2.05, 4.69) is 4.74 Å². The molecule has 0 aromatic heterocycles. The summed E-state index contributed by atoms with van der Waals surface area (Å²) in [7, 11) is 1.30. The van der Waals surface area contributed by atoms with Gasteiger partial charge in [0.05, 0.1) is 20.3 Å². The number of morpholine rings is 1. The molecule has 18 heavy (non-hydrogen) atoms. The van der Waals surface area contributed by atoms with Gasteiger partial charge in [0.25, 0.3) is 0 Å². The Hall–Kier alpha value is -1.30. The summed E-state index contributed by atoms with van der Waals surface area (Å²) in [5, 5.41) is 0. The first-order chi connectivity index (χ1) is 8.18. The molecule has 0 spiro atoms. The number of hydrogen-bond acceptors (Lipinski definition) is 5. The van der Waals surface area contributed by atoms with Gasteiger partial charge in [-0.2, -0.15) is 0 Å². The lowest BCUT2D eigenvalue weighted by atomic mass is 10.1. The van der Waals surface area contributed by atoms with Crippen LogP contribution in [0.5, 0.6) is 0 Å². The van der Waals surface area contributed by atoms with E-state index in [1.54, 1.807) is 27.7 Å². The van der Waals surface area contributed by atoms with Crippen molar-refractivity contribution >= 4 is 12.1 Å². The summed E-state index contributed by atoms with van der Waals surface area (Å²) >= 11 is 0. The van der Waals surface area contributed by atoms with Crippen LogP contribution >= 0.6 is 0 Å². The molecule has 1 aliphatic heterocycles. The third-order valence-electron chi connectivity index (χ3n) is 2.54. The second-order valence-electron chi connectivity index (χ2n) is 5.47. The number of amides is 1. The third kappa shape index (κ3) is 3.60. The van der Waals surface area contributed by atoms with Crippen LogP contribution in [0.3, 0.4) is 0 Å². The first-order valence-electron chi connectivity index (χ1n) is 5.88. The van der Waals surface area contributed by atoms with Crippen LogP contribution in [0.4, 0.5) is 4.79 Å². The number of rotatable bonds is 1. The number of carbonyl (C=O) groups excluding carboxylic acids is 2. The summed E-state index contributed by atoms with van der Waals surface area (Å²) in [6.45, 7) is 7.82. The van der Waals surface area contributed by atoms with E-state index in [9.17, 15) is 9.59 Å². The Morgan fingerprint density at radius 3 is 2.44 bits per heavy atom. The number of carbonyl (C=O) groups is 2. The number of hydrogen-bond donors (Lipinski definition) is 0. The molecular formula is C12H21NO5. The number of nitrogens with zero attached hydrogens (tertiary/aromatic N) is 1. The van der Waals surface area contributed by atoms with E-state index in [4.69, 9.17) is 9.47 Å². The van der Waals surface area contributed by atoms with Gasteiger partial charge in [-0.25, -0.2) is 9.59 Å². The molecule has 0 aromatic rings. The van der Waals surface area contributed by atoms with Gasteiger partial charge in [0, 0.05) is 6.54 Å². The van der Waals surface area contributed by atoms with E-state index in [-0.39, 0.29) is 13.2 Å². The van der Waals surface area contributed by atoms with Gasteiger partial charge in [0.2, 0.25) is 0 Å². The highest BCUT2D eigenvalue weighted by Crippen LogP contribution is 2.21. The predicted molar refractivity (Wildman–Crippen MR) is 64.2 cm³/mol. The van der Waals surface area contributed by atoms with Crippen LogP contribution in [0.25, 0.3) is 0 Å². The lowest BCUT2D eigenvalue weighted by Gasteiger charge is -2.38. The highest BCUT2D eigenvalue weighted by atomic mass is 16.6. The molecule has 0 aliphatic carbocycles. The lowest BCUT2D eigenvalue weighted by Crippen LogP contribution is -2.57. The molecular weight excluding hydrogens is 238 g/mol. The van der Waals surface area contributed by atoms with Crippen LogP contribution in [0.2, 0.25) is 0 Å². The quantitative estimate of drug-likeness (QED) is 0.662. The van der Waals surface area contributed by atoms with Crippen LogP contribution in [0.15, 0.2) is 0 Å². The van der Waals surface area contributed by atoms with Crippen molar-refractivity contribution in [3.05, 3.63) is 0 Å². The molecule has 6 heteroatoms. The minimum absolute atomic E-state index is 0.134. The van der Waals surface area contributed by atoms with Crippen molar-refractivity contribution < 1.29 is 23.8 Å². The second-order valence-corrected chi connectivity index (χ2v) is 5.47. The smallest absolute Gasteiger partial charge is 0.410 e. The van der Waals surface area contributed by atoms with Gasteiger partial charge < -0.3 is 19.1 Å². The maximum Gasteiger partial charge on any atom is 0.410 e. The summed E-state index contributed by atoms with van der Waals surface area (Å²) in [5.74, 6) is -0.490. The maximum absolute atomic E-state index is 11.9. The van der Waals surface area contributed by atoms with Crippen molar-refractivity contribution in [3.8, 4) is 0 Å². The van der Waals surface area contributed by atoms with E-state index in [1.807, 2.05) is 0 Å². The molecule has 1 rings (SSSR count). The topological polar surface area (TPSA) is 65.1 Å². The molecule has 1 unspecified atom stereocenters. The fraction of sp³-hybridized carbons (Fsp3) is 0.833. The molecule has 0 saturated carbocycles. The fourth-order valence-corrected chi connectivity index (χ4v) is 1.69. The van der Waals surface area contributed by atoms with Crippen molar-refractivity contribution in [2.75, 3.05) is 26.8 Å². The Balaban J connectivity index is 2.69. The Bertz CT molecular complexity index is 336. The molecule has 0 radical (unpaired) electrons. The van der Waals surface area contributed by atoms with Gasteiger partial charge in [0.15, 0.2) is 5.60 Å². The Morgan fingerprint density at radius 1 is 1.33 bits per heavy atom. The van der Waals surface area contributed by atoms with Crippen molar-refractivity contribution in [1.82, 2.24) is 4.90 Å². The monoisotopic (exact) mass is 259 g/mol. The van der Waals surface area contributed by atoms with Gasteiger partial charge in [-0.05, 0) is 27.7 Å². The third-order valence-corrected chi connectivity index (χ3v) is 2.54. The Morgan fingerprint density at radius 2 is 1.94 bits per heavy atom. The van der Waals surface area contributed by atoms with Crippen molar-refractivity contribution in [3.63, 3.8) is 0 Å². The first-order valence-corrected chi connectivity index (χ1v) is 5.88.